The van der Waals surface area contributed by atoms with Crippen molar-refractivity contribution in [3.63, 3.8) is 0 Å². The summed E-state index contributed by atoms with van der Waals surface area (Å²) in [4.78, 5) is 0. The van der Waals surface area contributed by atoms with E-state index in [1.807, 2.05) is 0 Å². The number of alkyl halides is 1. The van der Waals surface area contributed by atoms with Crippen molar-refractivity contribution >= 4 is 0 Å². The molecule has 0 aromatic rings. The fourth-order valence-electron chi connectivity index (χ4n) is 4.86. The Morgan fingerprint density at radius 1 is 0.889 bits per heavy atom. The van der Waals surface area contributed by atoms with Crippen LogP contribution in [0.1, 0.15) is 120 Å². The molecule has 1 nitrogen and oxygen atoms in total. The Hall–Kier alpha value is -0.110. The molecule has 0 amide bonds. The number of halogens is 1. The van der Waals surface area contributed by atoms with Gasteiger partial charge in [-0.3, -0.25) is 0 Å². The Balaban J connectivity index is 5.08. The minimum Gasteiger partial charge on any atom is -0.393 e. The molecule has 164 valence electrons. The monoisotopic (exact) mass is 386 g/mol. The maximum absolute atomic E-state index is 13.9. The van der Waals surface area contributed by atoms with Gasteiger partial charge in [-0.25, -0.2) is 4.39 Å². The van der Waals surface area contributed by atoms with Crippen LogP contribution in [0.4, 0.5) is 4.39 Å². The number of hydrogen-bond donors (Lipinski definition) is 1. The fourth-order valence-corrected chi connectivity index (χ4v) is 4.86. The van der Waals surface area contributed by atoms with Gasteiger partial charge in [0.2, 0.25) is 0 Å². The van der Waals surface area contributed by atoms with Gasteiger partial charge in [-0.1, -0.05) is 80.6 Å². The molecule has 5 unspecified atom stereocenters. The highest BCUT2D eigenvalue weighted by molar-refractivity contribution is 4.87. The molecule has 0 aliphatic heterocycles. The van der Waals surface area contributed by atoms with Crippen LogP contribution in [0.2, 0.25) is 0 Å². The molecule has 0 rings (SSSR count). The third-order valence-electron chi connectivity index (χ3n) is 6.66. The third kappa shape index (κ3) is 10.9. The van der Waals surface area contributed by atoms with E-state index in [9.17, 15) is 9.50 Å². The zero-order chi connectivity index (χ0) is 21.3. The second-order valence-electron chi connectivity index (χ2n) is 10.8. The van der Waals surface area contributed by atoms with Crippen LogP contribution < -0.4 is 0 Å². The van der Waals surface area contributed by atoms with Crippen molar-refractivity contribution in [2.24, 2.45) is 29.1 Å². The van der Waals surface area contributed by atoms with Crippen molar-refractivity contribution in [1.82, 2.24) is 0 Å². The van der Waals surface area contributed by atoms with Gasteiger partial charge in [0.05, 0.1) is 6.10 Å². The topological polar surface area (TPSA) is 20.2 Å². The summed E-state index contributed by atoms with van der Waals surface area (Å²) in [6.45, 7) is 19.2. The zero-order valence-corrected chi connectivity index (χ0v) is 20.1. The zero-order valence-electron chi connectivity index (χ0n) is 20.1. The first-order valence-electron chi connectivity index (χ1n) is 11.7. The van der Waals surface area contributed by atoms with Crippen molar-refractivity contribution in [3.8, 4) is 0 Å². The van der Waals surface area contributed by atoms with Crippen LogP contribution in [0.15, 0.2) is 0 Å². The van der Waals surface area contributed by atoms with Crippen LogP contribution in [-0.4, -0.2) is 16.9 Å². The van der Waals surface area contributed by atoms with Crippen molar-refractivity contribution < 1.29 is 9.50 Å². The molecule has 0 aromatic carbocycles. The Morgan fingerprint density at radius 3 is 1.89 bits per heavy atom. The highest BCUT2D eigenvalue weighted by Crippen LogP contribution is 2.42. The molecule has 0 aromatic heterocycles. The van der Waals surface area contributed by atoms with Gasteiger partial charge in [0.15, 0.2) is 0 Å². The van der Waals surface area contributed by atoms with E-state index >= 15 is 0 Å². The van der Waals surface area contributed by atoms with E-state index in [0.717, 1.165) is 31.6 Å². The van der Waals surface area contributed by atoms with Gasteiger partial charge in [-0.05, 0) is 68.6 Å². The van der Waals surface area contributed by atoms with Gasteiger partial charge in [-0.15, -0.1) is 0 Å². The number of rotatable bonds is 14. The second-order valence-corrected chi connectivity index (χ2v) is 10.8. The van der Waals surface area contributed by atoms with Crippen LogP contribution in [0, 0.1) is 29.1 Å². The van der Waals surface area contributed by atoms with Gasteiger partial charge in [0, 0.05) is 0 Å². The van der Waals surface area contributed by atoms with Crippen molar-refractivity contribution in [1.29, 1.82) is 0 Å². The van der Waals surface area contributed by atoms with Crippen LogP contribution in [0.5, 0.6) is 0 Å². The fraction of sp³-hybridized carbons (Fsp3) is 1.00. The van der Waals surface area contributed by atoms with E-state index in [1.54, 1.807) is 13.8 Å². The van der Waals surface area contributed by atoms with E-state index < -0.39 is 5.67 Å². The Bertz CT molecular complexity index is 366. The van der Waals surface area contributed by atoms with Gasteiger partial charge in [-0.2, -0.15) is 0 Å². The molecule has 1 N–H and O–H groups in total. The van der Waals surface area contributed by atoms with Crippen LogP contribution in [0.25, 0.3) is 0 Å². The summed E-state index contributed by atoms with van der Waals surface area (Å²) < 4.78 is 13.9. The molecular weight excluding hydrogens is 335 g/mol. The molecule has 0 radical (unpaired) electrons. The van der Waals surface area contributed by atoms with E-state index in [1.165, 1.54) is 25.7 Å². The summed E-state index contributed by atoms with van der Waals surface area (Å²) in [5.41, 5.74) is -0.960. The molecule has 0 bridgehead atoms. The molecule has 0 saturated heterocycles. The summed E-state index contributed by atoms with van der Waals surface area (Å²) in [6.07, 6.45) is 9.43. The van der Waals surface area contributed by atoms with Crippen LogP contribution >= 0.6 is 0 Å². The molecule has 27 heavy (non-hydrogen) atoms. The van der Waals surface area contributed by atoms with Gasteiger partial charge in [0.25, 0.3) is 0 Å². The molecular formula is C25H51FO. The lowest BCUT2D eigenvalue weighted by atomic mass is 9.65. The average Bonchev–Trinajstić information content (AvgIpc) is 2.55. The van der Waals surface area contributed by atoms with E-state index in [0.29, 0.717) is 24.2 Å². The van der Waals surface area contributed by atoms with Crippen LogP contribution in [-0.2, 0) is 0 Å². The molecule has 2 heteroatoms. The highest BCUT2D eigenvalue weighted by atomic mass is 19.1. The molecule has 0 spiro atoms. The summed E-state index contributed by atoms with van der Waals surface area (Å²) in [7, 11) is 0. The smallest absolute Gasteiger partial charge is 0.105 e. The largest absolute Gasteiger partial charge is 0.393 e. The van der Waals surface area contributed by atoms with Crippen molar-refractivity contribution in [3.05, 3.63) is 0 Å². The summed E-state index contributed by atoms with van der Waals surface area (Å²) in [5, 5.41) is 11.3. The number of unbranched alkanes of at least 4 members (excludes halogenated alkanes) is 1. The highest BCUT2D eigenvalue weighted by Gasteiger charge is 2.37. The lowest BCUT2D eigenvalue weighted by Gasteiger charge is -2.41. The number of aliphatic hydroxyl groups excluding tert-OH is 1. The molecule has 0 saturated carbocycles. The number of aliphatic hydroxyl groups is 1. The van der Waals surface area contributed by atoms with Crippen LogP contribution in [0.3, 0.4) is 0 Å². The van der Waals surface area contributed by atoms with Crippen molar-refractivity contribution in [2.45, 2.75) is 132 Å². The van der Waals surface area contributed by atoms with E-state index in [2.05, 4.69) is 48.5 Å². The van der Waals surface area contributed by atoms with Gasteiger partial charge in [0.1, 0.15) is 5.67 Å². The Labute approximate surface area is 170 Å². The first-order chi connectivity index (χ1) is 12.4. The summed E-state index contributed by atoms with van der Waals surface area (Å²) >= 11 is 0. The lowest BCUT2D eigenvalue weighted by molar-refractivity contribution is -0.0162. The van der Waals surface area contributed by atoms with Gasteiger partial charge >= 0.3 is 0 Å². The molecule has 0 fully saturated rings. The van der Waals surface area contributed by atoms with Crippen molar-refractivity contribution in [2.75, 3.05) is 0 Å². The Morgan fingerprint density at radius 2 is 1.48 bits per heavy atom. The minimum atomic E-state index is -1.09. The lowest BCUT2D eigenvalue weighted by Crippen LogP contribution is -2.39. The average molecular weight is 387 g/mol. The first-order valence-corrected chi connectivity index (χ1v) is 11.7. The SMILES string of the molecule is CCCCC(CC)CC(C)C(O)C(CC)C(CCCC(C)(C)F)C(C)(C)C. The predicted octanol–water partition coefficient (Wildman–Crippen LogP) is 8.20. The molecule has 0 aliphatic rings. The minimum absolute atomic E-state index is 0.133. The summed E-state index contributed by atoms with van der Waals surface area (Å²) in [6, 6.07) is 0. The molecule has 0 aliphatic carbocycles. The first kappa shape index (κ1) is 26.9. The summed E-state index contributed by atoms with van der Waals surface area (Å²) in [5.74, 6) is 1.79. The van der Waals surface area contributed by atoms with E-state index in [-0.39, 0.29) is 11.5 Å². The maximum atomic E-state index is 13.9. The molecule has 0 heterocycles. The predicted molar refractivity (Wildman–Crippen MR) is 119 cm³/mol. The maximum Gasteiger partial charge on any atom is 0.105 e. The standard InChI is InChI=1S/C25H51FO/c1-10-13-15-20(11-2)18-19(4)23(27)21(12-3)22(24(5,6)7)16-14-17-25(8,9)26/h19-23,27H,10-18H2,1-9H3. The number of hydrogen-bond acceptors (Lipinski definition) is 1. The Kier molecular flexibility index (Phi) is 12.4. The van der Waals surface area contributed by atoms with E-state index in [4.69, 9.17) is 0 Å². The molecule has 5 atom stereocenters. The second kappa shape index (κ2) is 12.5. The normalized spacial score (nSPS) is 18.8. The quantitative estimate of drug-likeness (QED) is 0.319. The third-order valence-corrected chi connectivity index (χ3v) is 6.66. The van der Waals surface area contributed by atoms with Gasteiger partial charge < -0.3 is 5.11 Å².